The molecule has 1 fully saturated rings. The van der Waals surface area contributed by atoms with E-state index >= 15 is 0 Å². The molecule has 4 rings (SSSR count). The van der Waals surface area contributed by atoms with Crippen LogP contribution in [0.5, 0.6) is 0 Å². The lowest BCUT2D eigenvalue weighted by Gasteiger charge is -2.23. The molecule has 1 unspecified atom stereocenters. The van der Waals surface area contributed by atoms with Gasteiger partial charge in [-0.15, -0.1) is 0 Å². The van der Waals surface area contributed by atoms with Gasteiger partial charge in [-0.25, -0.2) is 8.42 Å². The number of fused-ring (bicyclic) bond motifs is 1. The van der Waals surface area contributed by atoms with Crippen LogP contribution >= 0.6 is 11.6 Å². The summed E-state index contributed by atoms with van der Waals surface area (Å²) in [4.78, 5) is 5.12. The Hall–Kier alpha value is -1.69. The predicted molar refractivity (Wildman–Crippen MR) is 124 cm³/mol. The summed E-state index contributed by atoms with van der Waals surface area (Å²) in [7, 11) is -3.51. The van der Waals surface area contributed by atoms with E-state index in [2.05, 4.69) is 17.4 Å². The van der Waals surface area contributed by atoms with Gasteiger partial charge in [0.15, 0.2) is 9.84 Å². The third-order valence-corrected chi connectivity index (χ3v) is 9.10. The molecular formula is C24H29ClN2O2S. The van der Waals surface area contributed by atoms with Gasteiger partial charge in [-0.2, -0.15) is 0 Å². The van der Waals surface area contributed by atoms with Crippen molar-refractivity contribution in [1.29, 1.82) is 0 Å². The number of hydrogen-bond acceptors (Lipinski definition) is 4. The van der Waals surface area contributed by atoms with Gasteiger partial charge in [0.05, 0.1) is 15.8 Å². The van der Waals surface area contributed by atoms with Crippen molar-refractivity contribution in [3.05, 3.63) is 58.1 Å². The maximum absolute atomic E-state index is 13.5. The van der Waals surface area contributed by atoms with E-state index in [0.717, 1.165) is 50.0 Å². The zero-order valence-corrected chi connectivity index (χ0v) is 19.0. The van der Waals surface area contributed by atoms with Crippen molar-refractivity contribution >= 4 is 33.3 Å². The van der Waals surface area contributed by atoms with Crippen molar-refractivity contribution in [3.8, 4) is 0 Å². The first-order chi connectivity index (χ1) is 14.5. The Morgan fingerprint density at radius 1 is 1.07 bits per heavy atom. The highest BCUT2D eigenvalue weighted by molar-refractivity contribution is 7.92. The van der Waals surface area contributed by atoms with Crippen LogP contribution in [0.1, 0.15) is 54.7 Å². The number of sulfone groups is 1. The van der Waals surface area contributed by atoms with Gasteiger partial charge < -0.3 is 5.32 Å². The summed E-state index contributed by atoms with van der Waals surface area (Å²) in [5.74, 6) is 0.488. The van der Waals surface area contributed by atoms with Crippen molar-refractivity contribution in [2.24, 2.45) is 4.99 Å². The van der Waals surface area contributed by atoms with Crippen LogP contribution in [0.4, 0.5) is 5.69 Å². The predicted octanol–water partition coefficient (Wildman–Crippen LogP) is 5.39. The summed E-state index contributed by atoms with van der Waals surface area (Å²) in [6.07, 6.45) is 7.29. The second kappa shape index (κ2) is 9.21. The van der Waals surface area contributed by atoms with Gasteiger partial charge in [-0.1, -0.05) is 35.9 Å². The van der Waals surface area contributed by atoms with Crippen LogP contribution in [0, 0.1) is 6.92 Å². The fraction of sp³-hybridized carbons (Fsp3) is 0.458. The van der Waals surface area contributed by atoms with Gasteiger partial charge in [-0.3, -0.25) is 4.99 Å². The molecule has 0 spiro atoms. The zero-order chi connectivity index (χ0) is 21.1. The number of nitrogens with one attached hydrogen (secondary N) is 1. The Balaban J connectivity index is 1.67. The fourth-order valence-electron chi connectivity index (χ4n) is 4.69. The molecule has 0 amide bonds. The number of rotatable bonds is 3. The minimum absolute atomic E-state index is 0.334. The molecule has 2 aliphatic heterocycles. The van der Waals surface area contributed by atoms with Crippen molar-refractivity contribution in [2.45, 2.75) is 61.5 Å². The molecular weight excluding hydrogens is 416 g/mol. The molecule has 1 saturated heterocycles. The van der Waals surface area contributed by atoms with Gasteiger partial charge >= 0.3 is 0 Å². The van der Waals surface area contributed by atoms with Crippen molar-refractivity contribution < 1.29 is 8.42 Å². The van der Waals surface area contributed by atoms with E-state index in [4.69, 9.17) is 16.6 Å². The molecule has 1 N–H and O–H groups in total. The van der Waals surface area contributed by atoms with E-state index in [9.17, 15) is 8.42 Å². The molecule has 2 heterocycles. The first-order valence-corrected chi connectivity index (χ1v) is 12.7. The quantitative estimate of drug-likeness (QED) is 0.690. The Bertz CT molecular complexity index is 1040. The van der Waals surface area contributed by atoms with Crippen LogP contribution < -0.4 is 5.32 Å². The van der Waals surface area contributed by atoms with Crippen LogP contribution in [-0.2, 0) is 16.3 Å². The number of benzene rings is 2. The van der Waals surface area contributed by atoms with Gasteiger partial charge in [0, 0.05) is 17.7 Å². The van der Waals surface area contributed by atoms with Crippen molar-refractivity contribution in [1.82, 2.24) is 5.32 Å². The van der Waals surface area contributed by atoms with Crippen LogP contribution in [0.2, 0.25) is 5.02 Å². The number of nitrogens with zero attached hydrogens (tertiary/aromatic N) is 1. The molecule has 160 valence electrons. The monoisotopic (exact) mass is 444 g/mol. The van der Waals surface area contributed by atoms with Gasteiger partial charge in [0.2, 0.25) is 0 Å². The van der Waals surface area contributed by atoms with Gasteiger partial charge in [0.1, 0.15) is 0 Å². The molecule has 0 radical (unpaired) electrons. The lowest BCUT2D eigenvalue weighted by atomic mass is 9.86. The molecule has 30 heavy (non-hydrogen) atoms. The average Bonchev–Trinajstić information content (AvgIpc) is 2.93. The molecule has 1 atom stereocenters. The minimum Gasteiger partial charge on any atom is -0.317 e. The van der Waals surface area contributed by atoms with E-state index in [0.29, 0.717) is 34.2 Å². The Morgan fingerprint density at radius 3 is 2.57 bits per heavy atom. The first-order valence-electron chi connectivity index (χ1n) is 10.8. The number of para-hydroxylation sites is 1. The van der Waals surface area contributed by atoms with Crippen molar-refractivity contribution in [3.63, 3.8) is 0 Å². The highest BCUT2D eigenvalue weighted by Gasteiger charge is 2.31. The molecule has 2 aromatic rings. The minimum atomic E-state index is -3.51. The van der Waals surface area contributed by atoms with Crippen LogP contribution in [-0.4, -0.2) is 33.0 Å². The topological polar surface area (TPSA) is 58.5 Å². The molecule has 4 nitrogen and oxygen atoms in total. The number of halogens is 1. The van der Waals surface area contributed by atoms with Gasteiger partial charge in [0.25, 0.3) is 0 Å². The second-order valence-electron chi connectivity index (χ2n) is 8.37. The highest BCUT2D eigenvalue weighted by Crippen LogP contribution is 2.39. The zero-order valence-electron chi connectivity index (χ0n) is 17.4. The van der Waals surface area contributed by atoms with E-state index < -0.39 is 15.1 Å². The Labute approximate surface area is 184 Å². The lowest BCUT2D eigenvalue weighted by Crippen LogP contribution is -2.25. The first kappa shape index (κ1) is 21.5. The van der Waals surface area contributed by atoms with Crippen LogP contribution in [0.15, 0.2) is 46.3 Å². The van der Waals surface area contributed by atoms with E-state index in [-0.39, 0.29) is 0 Å². The van der Waals surface area contributed by atoms with Gasteiger partial charge in [-0.05, 0) is 86.9 Å². The van der Waals surface area contributed by atoms with E-state index in [1.807, 2.05) is 12.3 Å². The normalized spacial score (nSPS) is 20.8. The third kappa shape index (κ3) is 4.34. The van der Waals surface area contributed by atoms with Crippen LogP contribution in [0.25, 0.3) is 0 Å². The smallest absolute Gasteiger partial charge is 0.182 e. The average molecular weight is 445 g/mol. The summed E-state index contributed by atoms with van der Waals surface area (Å²) in [5.41, 5.74) is 3.94. The summed E-state index contributed by atoms with van der Waals surface area (Å²) in [6.45, 7) is 3.90. The Morgan fingerprint density at radius 2 is 1.80 bits per heavy atom. The maximum atomic E-state index is 13.5. The maximum Gasteiger partial charge on any atom is 0.182 e. The highest BCUT2D eigenvalue weighted by atomic mass is 35.5. The second-order valence-corrected chi connectivity index (χ2v) is 11.0. The molecule has 2 aromatic carbocycles. The van der Waals surface area contributed by atoms with E-state index in [1.165, 1.54) is 5.56 Å². The standard InChI is InChI=1S/C24H29ClN2O2S/c1-17-22(25)10-3-11-23(17)30(28,29)20-12-15-27-24-19(16-20)6-2-9-21(24)18-7-4-13-26-14-5-8-18/h2-3,6,9-11,15,18,20,26H,4-5,7-8,12-14,16H2,1H3. The molecule has 6 heteroatoms. The number of hydrogen-bond donors (Lipinski definition) is 1. The molecule has 0 bridgehead atoms. The fourth-order valence-corrected chi connectivity index (χ4v) is 6.83. The summed E-state index contributed by atoms with van der Waals surface area (Å²) >= 11 is 6.21. The molecule has 0 aromatic heterocycles. The SMILES string of the molecule is Cc1c(Cl)cccc1S(=O)(=O)C1CC=Nc2c(cccc2C2CCCNCCC2)C1. The Kier molecular flexibility index (Phi) is 6.61. The third-order valence-electron chi connectivity index (χ3n) is 6.40. The molecule has 0 aliphatic carbocycles. The summed E-state index contributed by atoms with van der Waals surface area (Å²) < 4.78 is 26.9. The summed E-state index contributed by atoms with van der Waals surface area (Å²) in [5, 5.41) is 3.43. The summed E-state index contributed by atoms with van der Waals surface area (Å²) in [6, 6.07) is 11.4. The number of aliphatic imine (C=N–C) groups is 1. The lowest BCUT2D eigenvalue weighted by molar-refractivity contribution is 0.467. The molecule has 0 saturated carbocycles. The molecule has 2 aliphatic rings. The van der Waals surface area contributed by atoms with Crippen molar-refractivity contribution in [2.75, 3.05) is 13.1 Å². The van der Waals surface area contributed by atoms with E-state index in [1.54, 1.807) is 25.1 Å². The largest absolute Gasteiger partial charge is 0.317 e. The van der Waals surface area contributed by atoms with Crippen LogP contribution in [0.3, 0.4) is 0 Å².